The number of rotatable bonds is 4. The van der Waals surface area contributed by atoms with Gasteiger partial charge in [0.05, 0.1) is 6.20 Å². The molecule has 2 fully saturated rings. The minimum Gasteiger partial charge on any atom is -0.338 e. The fourth-order valence-corrected chi connectivity index (χ4v) is 4.70. The van der Waals surface area contributed by atoms with Gasteiger partial charge in [-0.15, -0.1) is 0 Å². The largest absolute Gasteiger partial charge is 0.338 e. The molecule has 162 valence electrons. The highest BCUT2D eigenvalue weighted by atomic mass is 15.3. The fourth-order valence-electron chi connectivity index (χ4n) is 4.70. The van der Waals surface area contributed by atoms with E-state index < -0.39 is 0 Å². The molecular formula is C25H27N7. The van der Waals surface area contributed by atoms with Crippen molar-refractivity contribution in [2.75, 3.05) is 31.1 Å². The topological polar surface area (TPSA) is 84.9 Å². The van der Waals surface area contributed by atoms with Crippen molar-refractivity contribution in [2.24, 2.45) is 5.73 Å². The van der Waals surface area contributed by atoms with E-state index in [1.54, 1.807) is 0 Å². The molecule has 3 heterocycles. The molecule has 1 saturated carbocycles. The van der Waals surface area contributed by atoms with Crippen molar-refractivity contribution in [1.82, 2.24) is 24.8 Å². The van der Waals surface area contributed by atoms with E-state index in [2.05, 4.69) is 56.2 Å². The quantitative estimate of drug-likeness (QED) is 0.522. The first-order valence-corrected chi connectivity index (χ1v) is 11.4. The summed E-state index contributed by atoms with van der Waals surface area (Å²) in [5.41, 5.74) is 11.3. The molecule has 6 rings (SSSR count). The molecule has 0 atom stereocenters. The van der Waals surface area contributed by atoms with E-state index in [4.69, 9.17) is 15.7 Å². The summed E-state index contributed by atoms with van der Waals surface area (Å²) in [6.45, 7) is 3.69. The van der Waals surface area contributed by atoms with E-state index in [1.165, 1.54) is 12.0 Å². The van der Waals surface area contributed by atoms with Crippen LogP contribution >= 0.6 is 0 Å². The van der Waals surface area contributed by atoms with Crippen LogP contribution in [0, 0.1) is 0 Å². The second kappa shape index (κ2) is 7.69. The molecule has 0 unspecified atom stereocenters. The number of hydrogen-bond acceptors (Lipinski definition) is 6. The standard InChI is InChI=1S/C25H27N7/c26-25(11-4-12-25)19-7-9-20(10-8-19)32-22(18-5-2-1-3-6-18)29-21-17-28-24(30-23(21)32)31-15-13-27-14-16-31/h1-3,5-10,17,27H,4,11-16,26H2. The number of nitrogens with two attached hydrogens (primary N) is 1. The number of imidazole rings is 1. The highest BCUT2D eigenvalue weighted by Crippen LogP contribution is 2.39. The van der Waals surface area contributed by atoms with Crippen LogP contribution in [0.3, 0.4) is 0 Å². The van der Waals surface area contributed by atoms with E-state index in [0.717, 1.165) is 73.2 Å². The number of anilines is 1. The molecule has 1 aliphatic carbocycles. The molecule has 7 nitrogen and oxygen atoms in total. The monoisotopic (exact) mass is 425 g/mol. The Morgan fingerprint density at radius 3 is 2.34 bits per heavy atom. The highest BCUT2D eigenvalue weighted by Gasteiger charge is 2.34. The van der Waals surface area contributed by atoms with Crippen LogP contribution in [0.5, 0.6) is 0 Å². The Labute approximate surface area is 187 Å². The number of hydrogen-bond donors (Lipinski definition) is 2. The molecule has 2 aromatic carbocycles. The molecule has 0 bridgehead atoms. The summed E-state index contributed by atoms with van der Waals surface area (Å²) in [4.78, 5) is 16.8. The summed E-state index contributed by atoms with van der Waals surface area (Å²) in [6.07, 6.45) is 5.16. The van der Waals surface area contributed by atoms with Gasteiger partial charge in [-0.1, -0.05) is 42.5 Å². The first-order chi connectivity index (χ1) is 15.7. The maximum absolute atomic E-state index is 6.56. The van der Waals surface area contributed by atoms with Crippen LogP contribution in [0.4, 0.5) is 5.95 Å². The lowest BCUT2D eigenvalue weighted by atomic mass is 9.73. The van der Waals surface area contributed by atoms with E-state index in [1.807, 2.05) is 24.4 Å². The van der Waals surface area contributed by atoms with Crippen LogP contribution in [0.25, 0.3) is 28.2 Å². The van der Waals surface area contributed by atoms with E-state index >= 15 is 0 Å². The molecule has 32 heavy (non-hydrogen) atoms. The predicted octanol–water partition coefficient (Wildman–Crippen LogP) is 3.23. The summed E-state index contributed by atoms with van der Waals surface area (Å²) in [6, 6.07) is 18.9. The highest BCUT2D eigenvalue weighted by molar-refractivity contribution is 5.80. The number of nitrogens with one attached hydrogen (secondary N) is 1. The van der Waals surface area contributed by atoms with Gasteiger partial charge in [0.15, 0.2) is 5.65 Å². The van der Waals surface area contributed by atoms with Crippen molar-refractivity contribution >= 4 is 17.1 Å². The van der Waals surface area contributed by atoms with Crippen LogP contribution in [-0.2, 0) is 5.54 Å². The number of fused-ring (bicyclic) bond motifs is 1. The molecule has 1 saturated heterocycles. The lowest BCUT2D eigenvalue weighted by molar-refractivity contribution is 0.253. The molecule has 4 aromatic rings. The first kappa shape index (κ1) is 19.4. The van der Waals surface area contributed by atoms with Crippen molar-refractivity contribution < 1.29 is 0 Å². The Morgan fingerprint density at radius 1 is 0.906 bits per heavy atom. The zero-order valence-electron chi connectivity index (χ0n) is 18.0. The number of benzene rings is 2. The summed E-state index contributed by atoms with van der Waals surface area (Å²) < 4.78 is 2.14. The third-order valence-electron chi connectivity index (χ3n) is 6.77. The number of aromatic nitrogens is 4. The third-order valence-corrected chi connectivity index (χ3v) is 6.77. The van der Waals surface area contributed by atoms with E-state index in [-0.39, 0.29) is 5.54 Å². The van der Waals surface area contributed by atoms with E-state index in [9.17, 15) is 0 Å². The van der Waals surface area contributed by atoms with Gasteiger partial charge in [-0.3, -0.25) is 4.57 Å². The molecule has 2 aliphatic rings. The summed E-state index contributed by atoms with van der Waals surface area (Å²) in [5, 5.41) is 3.39. The number of nitrogens with zero attached hydrogens (tertiary/aromatic N) is 5. The molecule has 7 heteroatoms. The zero-order chi connectivity index (χ0) is 21.5. The second-order valence-electron chi connectivity index (χ2n) is 8.81. The van der Waals surface area contributed by atoms with Gasteiger partial charge >= 0.3 is 0 Å². The average molecular weight is 426 g/mol. The van der Waals surface area contributed by atoms with Crippen molar-refractivity contribution in [2.45, 2.75) is 24.8 Å². The molecule has 0 amide bonds. The van der Waals surface area contributed by atoms with Gasteiger partial charge in [0, 0.05) is 43.0 Å². The summed E-state index contributed by atoms with van der Waals surface area (Å²) in [5.74, 6) is 1.62. The van der Waals surface area contributed by atoms with Crippen LogP contribution in [0.15, 0.2) is 60.8 Å². The van der Waals surface area contributed by atoms with Gasteiger partial charge in [0.25, 0.3) is 0 Å². The molecule has 2 aromatic heterocycles. The van der Waals surface area contributed by atoms with Gasteiger partial charge in [0.1, 0.15) is 11.3 Å². The second-order valence-corrected chi connectivity index (χ2v) is 8.81. The Hall–Kier alpha value is -3.29. The molecule has 3 N–H and O–H groups in total. The third kappa shape index (κ3) is 3.25. The normalized spacial score (nSPS) is 18.0. The maximum atomic E-state index is 6.56. The SMILES string of the molecule is NC1(c2ccc(-n3c(-c4ccccc4)nc4cnc(N5CCNCC5)nc43)cc2)CCC1. The molecule has 1 aliphatic heterocycles. The van der Waals surface area contributed by atoms with Gasteiger partial charge in [-0.05, 0) is 37.0 Å². The van der Waals surface area contributed by atoms with Crippen LogP contribution in [-0.4, -0.2) is 45.7 Å². The molecule has 0 radical (unpaired) electrons. The van der Waals surface area contributed by atoms with Crippen LogP contribution in [0.1, 0.15) is 24.8 Å². The summed E-state index contributed by atoms with van der Waals surface area (Å²) in [7, 11) is 0. The Kier molecular flexibility index (Phi) is 4.66. The summed E-state index contributed by atoms with van der Waals surface area (Å²) >= 11 is 0. The smallest absolute Gasteiger partial charge is 0.227 e. The minimum atomic E-state index is -0.171. The van der Waals surface area contributed by atoms with Crippen molar-refractivity contribution in [1.29, 1.82) is 0 Å². The lowest BCUT2D eigenvalue weighted by Crippen LogP contribution is -2.44. The van der Waals surface area contributed by atoms with Crippen molar-refractivity contribution in [3.05, 3.63) is 66.4 Å². The predicted molar refractivity (Wildman–Crippen MR) is 127 cm³/mol. The minimum absolute atomic E-state index is 0.171. The van der Waals surface area contributed by atoms with Crippen LogP contribution in [0.2, 0.25) is 0 Å². The zero-order valence-corrected chi connectivity index (χ0v) is 18.0. The maximum Gasteiger partial charge on any atom is 0.227 e. The van der Waals surface area contributed by atoms with Crippen LogP contribution < -0.4 is 16.0 Å². The van der Waals surface area contributed by atoms with Crippen molar-refractivity contribution in [3.8, 4) is 17.1 Å². The van der Waals surface area contributed by atoms with Crippen molar-refractivity contribution in [3.63, 3.8) is 0 Å². The molecular weight excluding hydrogens is 398 g/mol. The Bertz CT molecular complexity index is 1240. The van der Waals surface area contributed by atoms with Gasteiger partial charge in [0.2, 0.25) is 5.95 Å². The van der Waals surface area contributed by atoms with Gasteiger partial charge in [-0.25, -0.2) is 9.97 Å². The van der Waals surface area contributed by atoms with Gasteiger partial charge < -0.3 is 16.0 Å². The number of piperazine rings is 1. The first-order valence-electron chi connectivity index (χ1n) is 11.4. The average Bonchev–Trinajstić information content (AvgIpc) is 3.22. The Morgan fingerprint density at radius 2 is 1.66 bits per heavy atom. The lowest BCUT2D eigenvalue weighted by Gasteiger charge is -2.38. The Balaban J connectivity index is 1.50. The van der Waals surface area contributed by atoms with Gasteiger partial charge in [-0.2, -0.15) is 4.98 Å². The van der Waals surface area contributed by atoms with E-state index in [0.29, 0.717) is 0 Å². The molecule has 0 spiro atoms. The fraction of sp³-hybridized carbons (Fsp3) is 0.320.